The van der Waals surface area contributed by atoms with E-state index in [1.54, 1.807) is 24.3 Å². The minimum atomic E-state index is -1.21. The topological polar surface area (TPSA) is 126 Å². The fraction of sp³-hybridized carbons (Fsp3) is 0.0667. The molecule has 0 bridgehead atoms. The lowest BCUT2D eigenvalue weighted by Gasteiger charge is -2.05. The molecular formula is C15H10ClN3O5. The maximum atomic E-state index is 12.0. The minimum Gasteiger partial charge on any atom is -0.505 e. The van der Waals surface area contributed by atoms with Gasteiger partial charge in [0.15, 0.2) is 17.0 Å². The van der Waals surface area contributed by atoms with Crippen molar-refractivity contribution in [2.24, 2.45) is 0 Å². The first-order valence-corrected chi connectivity index (χ1v) is 7.08. The number of hydrogen-bond donors (Lipinski definition) is 3. The fourth-order valence-corrected chi connectivity index (χ4v) is 2.26. The van der Waals surface area contributed by atoms with Crippen LogP contribution in [0.2, 0.25) is 5.02 Å². The maximum Gasteiger partial charge on any atom is 0.322 e. The first-order valence-electron chi connectivity index (χ1n) is 6.70. The molecule has 9 heteroatoms. The summed E-state index contributed by atoms with van der Waals surface area (Å²) in [4.78, 5) is 26.3. The summed E-state index contributed by atoms with van der Waals surface area (Å²) < 4.78 is 5.12. The summed E-state index contributed by atoms with van der Waals surface area (Å²) in [6.07, 6.45) is 1.23. The molecule has 0 unspecified atom stereocenters. The molecule has 0 saturated heterocycles. The third-order valence-corrected chi connectivity index (χ3v) is 3.48. The van der Waals surface area contributed by atoms with Crippen LogP contribution in [-0.2, 0) is 4.79 Å². The summed E-state index contributed by atoms with van der Waals surface area (Å²) in [5, 5.41) is 25.7. The smallest absolute Gasteiger partial charge is 0.322 e. The molecule has 0 fully saturated rings. The van der Waals surface area contributed by atoms with E-state index in [-0.39, 0.29) is 16.7 Å². The van der Waals surface area contributed by atoms with Crippen LogP contribution in [0.3, 0.4) is 0 Å². The minimum absolute atomic E-state index is 0.187. The molecule has 0 radical (unpaired) electrons. The summed E-state index contributed by atoms with van der Waals surface area (Å²) in [6, 6.07) is 6.67. The molecule has 2 aromatic heterocycles. The van der Waals surface area contributed by atoms with E-state index in [2.05, 4.69) is 15.5 Å². The van der Waals surface area contributed by atoms with Crippen molar-refractivity contribution in [2.75, 3.05) is 6.54 Å². The van der Waals surface area contributed by atoms with Crippen LogP contribution in [0.25, 0.3) is 22.2 Å². The number of rotatable bonds is 4. The Bertz CT molecular complexity index is 936. The number of carboxylic acid groups (broad SMARTS) is 1. The Hall–Kier alpha value is -3.13. The molecule has 0 aliphatic carbocycles. The Morgan fingerprint density at radius 2 is 1.96 bits per heavy atom. The average Bonchev–Trinajstić information content (AvgIpc) is 2.98. The molecule has 3 aromatic rings. The van der Waals surface area contributed by atoms with Crippen molar-refractivity contribution in [1.82, 2.24) is 15.5 Å². The Morgan fingerprint density at radius 1 is 1.25 bits per heavy atom. The highest BCUT2D eigenvalue weighted by Crippen LogP contribution is 2.35. The molecular weight excluding hydrogens is 338 g/mol. The zero-order valence-corrected chi connectivity index (χ0v) is 12.7. The van der Waals surface area contributed by atoms with Gasteiger partial charge in [-0.15, -0.1) is 0 Å². The van der Waals surface area contributed by atoms with Crippen LogP contribution in [0.4, 0.5) is 0 Å². The number of nitrogens with one attached hydrogen (secondary N) is 1. The van der Waals surface area contributed by atoms with Gasteiger partial charge in [-0.2, -0.15) is 0 Å². The quantitative estimate of drug-likeness (QED) is 0.659. The van der Waals surface area contributed by atoms with Crippen molar-refractivity contribution in [1.29, 1.82) is 0 Å². The standard InChI is InChI=1S/C15H10ClN3O5/c16-8-3-1-7(2-4-8)12-11-9(24-19-12)5-17-13(14(11)22)15(23)18-6-10(20)21/h1-5,22H,6H2,(H,18,23)(H,20,21). The van der Waals surface area contributed by atoms with Gasteiger partial charge in [0, 0.05) is 10.6 Å². The highest BCUT2D eigenvalue weighted by Gasteiger charge is 2.22. The first kappa shape index (κ1) is 15.8. The van der Waals surface area contributed by atoms with E-state index in [9.17, 15) is 14.7 Å². The largest absolute Gasteiger partial charge is 0.505 e. The Labute approximate surface area is 139 Å². The van der Waals surface area contributed by atoms with Gasteiger partial charge in [0.05, 0.1) is 11.6 Å². The number of halogens is 1. The summed E-state index contributed by atoms with van der Waals surface area (Å²) in [7, 11) is 0. The van der Waals surface area contributed by atoms with Crippen LogP contribution >= 0.6 is 11.6 Å². The van der Waals surface area contributed by atoms with Crippen molar-refractivity contribution in [2.45, 2.75) is 0 Å². The van der Waals surface area contributed by atoms with E-state index in [4.69, 9.17) is 21.2 Å². The van der Waals surface area contributed by atoms with Gasteiger partial charge in [0.1, 0.15) is 12.2 Å². The third kappa shape index (κ3) is 2.86. The van der Waals surface area contributed by atoms with E-state index in [0.717, 1.165) is 0 Å². The van der Waals surface area contributed by atoms with Gasteiger partial charge in [-0.3, -0.25) is 9.59 Å². The zero-order chi connectivity index (χ0) is 17.3. The second-order valence-electron chi connectivity index (χ2n) is 4.81. The van der Waals surface area contributed by atoms with Crippen molar-refractivity contribution >= 4 is 34.4 Å². The van der Waals surface area contributed by atoms with Crippen molar-refractivity contribution < 1.29 is 24.3 Å². The zero-order valence-electron chi connectivity index (χ0n) is 12.0. The SMILES string of the molecule is O=C(O)CNC(=O)c1ncc2onc(-c3ccc(Cl)cc3)c2c1O. The summed E-state index contributed by atoms with van der Waals surface area (Å²) >= 11 is 5.85. The van der Waals surface area contributed by atoms with E-state index in [0.29, 0.717) is 16.3 Å². The number of nitrogens with zero attached hydrogens (tertiary/aromatic N) is 2. The lowest BCUT2D eigenvalue weighted by atomic mass is 10.1. The van der Waals surface area contributed by atoms with Crippen LogP contribution in [0, 0.1) is 0 Å². The molecule has 122 valence electrons. The number of carboxylic acids is 1. The molecule has 8 nitrogen and oxygen atoms in total. The number of benzene rings is 1. The average molecular weight is 348 g/mol. The van der Waals surface area contributed by atoms with Gasteiger partial charge in [-0.25, -0.2) is 4.98 Å². The molecule has 24 heavy (non-hydrogen) atoms. The van der Waals surface area contributed by atoms with Gasteiger partial charge < -0.3 is 20.1 Å². The number of aromatic nitrogens is 2. The molecule has 0 spiro atoms. The molecule has 1 aromatic carbocycles. The van der Waals surface area contributed by atoms with Gasteiger partial charge in [-0.05, 0) is 12.1 Å². The normalized spacial score (nSPS) is 10.7. The first-order chi connectivity index (χ1) is 11.5. The molecule has 0 atom stereocenters. The number of aliphatic carboxylic acids is 1. The summed E-state index contributed by atoms with van der Waals surface area (Å²) in [6.45, 7) is -0.592. The number of aromatic hydroxyl groups is 1. The molecule has 0 aliphatic heterocycles. The maximum absolute atomic E-state index is 12.0. The molecule has 0 aliphatic rings. The predicted molar refractivity (Wildman–Crippen MR) is 83.9 cm³/mol. The fourth-order valence-electron chi connectivity index (χ4n) is 2.13. The number of carbonyl (C=O) groups excluding carboxylic acids is 1. The number of hydrogen-bond acceptors (Lipinski definition) is 6. The molecule has 3 rings (SSSR count). The Kier molecular flexibility index (Phi) is 4.05. The number of amides is 1. The van der Waals surface area contributed by atoms with E-state index in [1.807, 2.05) is 0 Å². The van der Waals surface area contributed by atoms with Crippen LogP contribution in [0.15, 0.2) is 35.0 Å². The lowest BCUT2D eigenvalue weighted by molar-refractivity contribution is -0.135. The summed E-state index contributed by atoms with van der Waals surface area (Å²) in [5.41, 5.74) is 0.805. The van der Waals surface area contributed by atoms with Crippen molar-refractivity contribution in [3.8, 4) is 17.0 Å². The van der Waals surface area contributed by atoms with Gasteiger partial charge in [0.25, 0.3) is 5.91 Å². The summed E-state index contributed by atoms with van der Waals surface area (Å²) in [5.74, 6) is -2.47. The number of pyridine rings is 1. The number of carbonyl (C=O) groups is 2. The highest BCUT2D eigenvalue weighted by atomic mass is 35.5. The lowest BCUT2D eigenvalue weighted by Crippen LogP contribution is -2.29. The second-order valence-corrected chi connectivity index (χ2v) is 5.25. The van der Waals surface area contributed by atoms with Crippen LogP contribution < -0.4 is 5.32 Å². The Morgan fingerprint density at radius 3 is 2.62 bits per heavy atom. The van der Waals surface area contributed by atoms with Crippen LogP contribution in [-0.4, -0.2) is 38.8 Å². The van der Waals surface area contributed by atoms with Crippen molar-refractivity contribution in [3.05, 3.63) is 41.2 Å². The van der Waals surface area contributed by atoms with Gasteiger partial charge in [-0.1, -0.05) is 28.9 Å². The number of fused-ring (bicyclic) bond motifs is 1. The molecule has 1 amide bonds. The van der Waals surface area contributed by atoms with Crippen LogP contribution in [0.5, 0.6) is 5.75 Å². The van der Waals surface area contributed by atoms with Gasteiger partial charge >= 0.3 is 5.97 Å². The second kappa shape index (κ2) is 6.17. The highest BCUT2D eigenvalue weighted by molar-refractivity contribution is 6.30. The Balaban J connectivity index is 2.07. The molecule has 2 heterocycles. The molecule has 0 saturated carbocycles. The monoisotopic (exact) mass is 347 g/mol. The van der Waals surface area contributed by atoms with Gasteiger partial charge in [0.2, 0.25) is 0 Å². The molecule has 3 N–H and O–H groups in total. The third-order valence-electron chi connectivity index (χ3n) is 3.22. The van der Waals surface area contributed by atoms with Crippen molar-refractivity contribution in [3.63, 3.8) is 0 Å². The van der Waals surface area contributed by atoms with Crippen LogP contribution in [0.1, 0.15) is 10.5 Å². The predicted octanol–water partition coefficient (Wildman–Crippen LogP) is 2.06. The van der Waals surface area contributed by atoms with E-state index < -0.39 is 24.2 Å². The van der Waals surface area contributed by atoms with E-state index in [1.165, 1.54) is 6.20 Å². The van der Waals surface area contributed by atoms with E-state index >= 15 is 0 Å².